The van der Waals surface area contributed by atoms with E-state index < -0.39 is 21.2 Å². The van der Waals surface area contributed by atoms with Crippen LogP contribution in [0.1, 0.15) is 13.3 Å². The third-order valence-electron chi connectivity index (χ3n) is 3.20. The van der Waals surface area contributed by atoms with Crippen LogP contribution in [-0.4, -0.2) is 25.5 Å². The number of anilines is 3. The molecule has 0 radical (unpaired) electrons. The molecule has 1 fully saturated rings. The van der Waals surface area contributed by atoms with Gasteiger partial charge in [0.05, 0.1) is 28.6 Å². The van der Waals surface area contributed by atoms with Gasteiger partial charge in [0.1, 0.15) is 5.02 Å². The van der Waals surface area contributed by atoms with Gasteiger partial charge in [-0.25, -0.2) is 12.8 Å². The molecule has 1 aromatic rings. The summed E-state index contributed by atoms with van der Waals surface area (Å²) in [6, 6.07) is 1.35. The fourth-order valence-corrected chi connectivity index (χ4v) is 4.45. The van der Waals surface area contributed by atoms with Crippen molar-refractivity contribution in [2.24, 2.45) is 0 Å². The Bertz CT molecular complexity index is 635. The Morgan fingerprint density at radius 3 is 2.58 bits per heavy atom. The van der Waals surface area contributed by atoms with Crippen molar-refractivity contribution in [2.45, 2.75) is 18.9 Å². The molecule has 5 N–H and O–H groups in total. The summed E-state index contributed by atoms with van der Waals surface area (Å²) in [7, 11) is -3.10. The maximum atomic E-state index is 14.0. The van der Waals surface area contributed by atoms with Crippen molar-refractivity contribution >= 4 is 38.5 Å². The summed E-state index contributed by atoms with van der Waals surface area (Å²) in [5, 5.41) is 2.64. The number of hydrogen-bond donors (Lipinski definition) is 3. The van der Waals surface area contributed by atoms with Crippen molar-refractivity contribution in [2.75, 3.05) is 28.3 Å². The van der Waals surface area contributed by atoms with Crippen molar-refractivity contribution in [3.63, 3.8) is 0 Å². The van der Waals surface area contributed by atoms with Gasteiger partial charge in [0.15, 0.2) is 15.7 Å². The zero-order valence-electron chi connectivity index (χ0n) is 10.3. The maximum Gasteiger partial charge on any atom is 0.169 e. The molecule has 19 heavy (non-hydrogen) atoms. The Hall–Kier alpha value is -1.21. The van der Waals surface area contributed by atoms with Crippen molar-refractivity contribution in [3.05, 3.63) is 16.9 Å². The lowest BCUT2D eigenvalue weighted by atomic mass is 10.0. The average molecular weight is 308 g/mol. The lowest BCUT2D eigenvalue weighted by Crippen LogP contribution is -2.36. The van der Waals surface area contributed by atoms with Gasteiger partial charge in [-0.15, -0.1) is 0 Å². The van der Waals surface area contributed by atoms with Crippen LogP contribution in [0.15, 0.2) is 6.07 Å². The predicted molar refractivity (Wildman–Crippen MR) is 75.5 cm³/mol. The first-order valence-corrected chi connectivity index (χ1v) is 7.85. The molecule has 0 aliphatic carbocycles. The summed E-state index contributed by atoms with van der Waals surface area (Å²) >= 11 is 5.73. The van der Waals surface area contributed by atoms with E-state index in [9.17, 15) is 12.8 Å². The first kappa shape index (κ1) is 14.2. The van der Waals surface area contributed by atoms with Crippen molar-refractivity contribution in [1.82, 2.24) is 0 Å². The topological polar surface area (TPSA) is 98.2 Å². The van der Waals surface area contributed by atoms with Gasteiger partial charge in [-0.2, -0.15) is 0 Å². The average Bonchev–Trinajstić information content (AvgIpc) is 2.57. The molecule has 5 nitrogen and oxygen atoms in total. The van der Waals surface area contributed by atoms with Gasteiger partial charge >= 0.3 is 0 Å². The minimum atomic E-state index is -3.10. The molecular formula is C11H15ClFN3O2S. The molecule has 8 heteroatoms. The molecule has 1 atom stereocenters. The molecule has 1 aliphatic heterocycles. The van der Waals surface area contributed by atoms with Gasteiger partial charge in [0.2, 0.25) is 0 Å². The summed E-state index contributed by atoms with van der Waals surface area (Å²) in [6.45, 7) is 1.71. The summed E-state index contributed by atoms with van der Waals surface area (Å²) < 4.78 is 37.1. The number of nitrogens with two attached hydrogens (primary N) is 2. The zero-order valence-corrected chi connectivity index (χ0v) is 11.9. The van der Waals surface area contributed by atoms with Gasteiger partial charge in [0.25, 0.3) is 0 Å². The lowest BCUT2D eigenvalue weighted by molar-refractivity contribution is 0.562. The zero-order chi connectivity index (χ0) is 14.4. The molecule has 1 saturated heterocycles. The SMILES string of the molecule is CC1(Nc2c(N)cc(N)c(Cl)c2F)CCS(=O)(=O)C1. The van der Waals surface area contributed by atoms with E-state index in [2.05, 4.69) is 5.32 Å². The van der Waals surface area contributed by atoms with E-state index in [-0.39, 0.29) is 33.6 Å². The smallest absolute Gasteiger partial charge is 0.169 e. The summed E-state index contributed by atoms with van der Waals surface area (Å²) in [5.74, 6) is -0.758. The second-order valence-electron chi connectivity index (χ2n) is 5.09. The third-order valence-corrected chi connectivity index (χ3v) is 5.48. The fraction of sp³-hybridized carbons (Fsp3) is 0.455. The highest BCUT2D eigenvalue weighted by Crippen LogP contribution is 2.37. The van der Waals surface area contributed by atoms with Gasteiger partial charge in [-0.1, -0.05) is 11.6 Å². The van der Waals surface area contributed by atoms with Crippen LogP contribution in [0.2, 0.25) is 5.02 Å². The molecule has 2 rings (SSSR count). The first-order valence-electron chi connectivity index (χ1n) is 5.65. The second kappa shape index (κ2) is 4.42. The molecule has 0 amide bonds. The van der Waals surface area contributed by atoms with E-state index in [1.54, 1.807) is 6.92 Å². The number of halogens is 2. The first-order chi connectivity index (χ1) is 8.64. The Balaban J connectivity index is 2.38. The Morgan fingerprint density at radius 1 is 1.42 bits per heavy atom. The Kier molecular flexibility index (Phi) is 3.30. The standard InChI is InChI=1S/C11H15ClFN3O2S/c1-11(2-3-19(17,18)5-11)16-10-7(15)4-6(14)8(12)9(10)13/h4,16H,2-3,5,14-15H2,1H3. The molecule has 106 valence electrons. The van der Waals surface area contributed by atoms with E-state index in [0.29, 0.717) is 6.42 Å². The van der Waals surface area contributed by atoms with Crippen LogP contribution in [0, 0.1) is 5.82 Å². The van der Waals surface area contributed by atoms with E-state index in [4.69, 9.17) is 23.1 Å². The third kappa shape index (κ3) is 2.71. The van der Waals surface area contributed by atoms with E-state index in [1.807, 2.05) is 0 Å². The summed E-state index contributed by atoms with van der Waals surface area (Å²) in [6.07, 6.45) is 0.385. The van der Waals surface area contributed by atoms with E-state index in [1.165, 1.54) is 6.07 Å². The highest BCUT2D eigenvalue weighted by atomic mass is 35.5. The van der Waals surface area contributed by atoms with Crippen LogP contribution in [0.4, 0.5) is 21.5 Å². The molecule has 0 saturated carbocycles. The predicted octanol–water partition coefficient (Wildman–Crippen LogP) is 1.63. The number of nitrogens with one attached hydrogen (secondary N) is 1. The van der Waals surface area contributed by atoms with Gasteiger partial charge < -0.3 is 16.8 Å². The van der Waals surface area contributed by atoms with Crippen molar-refractivity contribution < 1.29 is 12.8 Å². The number of sulfone groups is 1. The van der Waals surface area contributed by atoms with Crippen LogP contribution in [0.25, 0.3) is 0 Å². The maximum absolute atomic E-state index is 14.0. The summed E-state index contributed by atoms with van der Waals surface area (Å²) in [4.78, 5) is 0. The quantitative estimate of drug-likeness (QED) is 0.721. The van der Waals surface area contributed by atoms with Crippen LogP contribution >= 0.6 is 11.6 Å². The van der Waals surface area contributed by atoms with E-state index >= 15 is 0 Å². The number of rotatable bonds is 2. The highest BCUT2D eigenvalue weighted by Gasteiger charge is 2.39. The van der Waals surface area contributed by atoms with Crippen LogP contribution in [0.5, 0.6) is 0 Å². The number of benzene rings is 1. The largest absolute Gasteiger partial charge is 0.397 e. The Labute approximate surface area is 116 Å². The molecule has 1 unspecified atom stereocenters. The van der Waals surface area contributed by atoms with Gasteiger partial charge in [-0.3, -0.25) is 0 Å². The molecular weight excluding hydrogens is 293 g/mol. The van der Waals surface area contributed by atoms with Crippen molar-refractivity contribution in [3.8, 4) is 0 Å². The highest BCUT2D eigenvalue weighted by molar-refractivity contribution is 7.91. The van der Waals surface area contributed by atoms with Crippen molar-refractivity contribution in [1.29, 1.82) is 0 Å². The second-order valence-corrected chi connectivity index (χ2v) is 7.65. The van der Waals surface area contributed by atoms with Crippen LogP contribution < -0.4 is 16.8 Å². The summed E-state index contributed by atoms with van der Waals surface area (Å²) in [5.41, 5.74) is 10.6. The minimum absolute atomic E-state index is 0.00111. The normalized spacial score (nSPS) is 25.4. The molecule has 1 aromatic carbocycles. The molecule has 0 spiro atoms. The monoisotopic (exact) mass is 307 g/mol. The molecule has 1 aliphatic rings. The Morgan fingerprint density at radius 2 is 2.05 bits per heavy atom. The van der Waals surface area contributed by atoms with E-state index in [0.717, 1.165) is 0 Å². The van der Waals surface area contributed by atoms with Gasteiger partial charge in [0, 0.05) is 5.54 Å². The molecule has 0 aromatic heterocycles. The van der Waals surface area contributed by atoms with Crippen LogP contribution in [-0.2, 0) is 9.84 Å². The molecule has 0 bridgehead atoms. The van der Waals surface area contributed by atoms with Gasteiger partial charge in [-0.05, 0) is 19.4 Å². The molecule has 1 heterocycles. The minimum Gasteiger partial charge on any atom is -0.397 e. The fourth-order valence-electron chi connectivity index (χ4n) is 2.20. The van der Waals surface area contributed by atoms with Crippen LogP contribution in [0.3, 0.4) is 0 Å². The number of nitrogen functional groups attached to an aromatic ring is 2. The number of hydrogen-bond acceptors (Lipinski definition) is 5. The lowest BCUT2D eigenvalue weighted by Gasteiger charge is -2.27.